The van der Waals surface area contributed by atoms with Crippen LogP contribution in [0.3, 0.4) is 0 Å². The lowest BCUT2D eigenvalue weighted by molar-refractivity contribution is 0.0936. The van der Waals surface area contributed by atoms with Crippen molar-refractivity contribution in [1.82, 2.24) is 10.3 Å². The molecule has 88 valence electrons. The van der Waals surface area contributed by atoms with Gasteiger partial charge in [-0.15, -0.1) is 0 Å². The molecule has 1 heterocycles. The van der Waals surface area contributed by atoms with Gasteiger partial charge in [0.15, 0.2) is 5.43 Å². The second kappa shape index (κ2) is 5.43. The number of carbonyl (C=O) groups excluding carboxylic acids is 1. The van der Waals surface area contributed by atoms with Gasteiger partial charge in [0.2, 0.25) is 0 Å². The van der Waals surface area contributed by atoms with Crippen LogP contribution >= 0.6 is 0 Å². The molecule has 16 heavy (non-hydrogen) atoms. The number of amides is 1. The average molecular weight is 225 g/mol. The van der Waals surface area contributed by atoms with E-state index in [2.05, 4.69) is 10.3 Å². The average Bonchev–Trinajstić information content (AvgIpc) is 2.25. The molecule has 1 aromatic heterocycles. The minimum absolute atomic E-state index is 0.0280. The summed E-state index contributed by atoms with van der Waals surface area (Å²) in [6.45, 7) is 1.65. The lowest BCUT2D eigenvalue weighted by Gasteiger charge is -2.14. The number of rotatable bonds is 4. The normalized spacial score (nSPS) is 14.2. The van der Waals surface area contributed by atoms with Gasteiger partial charge < -0.3 is 21.1 Å². The van der Waals surface area contributed by atoms with Crippen molar-refractivity contribution in [2.24, 2.45) is 5.73 Å². The fourth-order valence-electron chi connectivity index (χ4n) is 1.07. The first kappa shape index (κ1) is 12.4. The molecule has 0 radical (unpaired) electrons. The van der Waals surface area contributed by atoms with Crippen molar-refractivity contribution in [3.63, 3.8) is 0 Å². The summed E-state index contributed by atoms with van der Waals surface area (Å²) in [7, 11) is 0. The van der Waals surface area contributed by atoms with Crippen LogP contribution < -0.4 is 16.5 Å². The number of pyridine rings is 1. The number of H-pyrrole nitrogens is 1. The Morgan fingerprint density at radius 2 is 2.38 bits per heavy atom. The summed E-state index contributed by atoms with van der Waals surface area (Å²) in [6.07, 6.45) is 2.06. The third-order valence-electron chi connectivity index (χ3n) is 2.19. The maximum absolute atomic E-state index is 11.5. The Kier molecular flexibility index (Phi) is 4.21. The highest BCUT2D eigenvalue weighted by atomic mass is 16.3. The number of aromatic nitrogens is 1. The standard InChI is InChI=1S/C10H15N3O3/c1-6(14)8(11)5-13-10(16)7-4-12-3-2-9(7)15/h2-4,6,8,14H,5,11H2,1H3,(H,12,15)(H,13,16). The van der Waals surface area contributed by atoms with Gasteiger partial charge in [0.1, 0.15) is 5.56 Å². The fourth-order valence-corrected chi connectivity index (χ4v) is 1.07. The van der Waals surface area contributed by atoms with Crippen molar-refractivity contribution in [3.8, 4) is 0 Å². The second-order valence-corrected chi connectivity index (χ2v) is 3.54. The highest BCUT2D eigenvalue weighted by molar-refractivity contribution is 5.93. The summed E-state index contributed by atoms with van der Waals surface area (Å²) in [5.41, 5.74) is 5.20. The topological polar surface area (TPSA) is 108 Å². The van der Waals surface area contributed by atoms with E-state index in [0.717, 1.165) is 0 Å². The third-order valence-corrected chi connectivity index (χ3v) is 2.19. The van der Waals surface area contributed by atoms with Gasteiger partial charge in [-0.2, -0.15) is 0 Å². The van der Waals surface area contributed by atoms with Crippen LogP contribution in [0.15, 0.2) is 23.3 Å². The molecule has 6 heteroatoms. The van der Waals surface area contributed by atoms with E-state index in [1.54, 1.807) is 0 Å². The third kappa shape index (κ3) is 3.18. The predicted octanol–water partition coefficient (Wildman–Crippen LogP) is -1.19. The zero-order valence-electron chi connectivity index (χ0n) is 8.93. The summed E-state index contributed by atoms with van der Waals surface area (Å²) in [4.78, 5) is 25.5. The number of aromatic amines is 1. The van der Waals surface area contributed by atoms with Crippen molar-refractivity contribution in [2.75, 3.05) is 6.54 Å². The van der Waals surface area contributed by atoms with E-state index in [0.29, 0.717) is 0 Å². The summed E-state index contributed by atoms with van der Waals surface area (Å²) >= 11 is 0. The minimum Gasteiger partial charge on any atom is -0.392 e. The van der Waals surface area contributed by atoms with Crippen LogP contribution in [0.4, 0.5) is 0 Å². The quantitative estimate of drug-likeness (QED) is 0.517. The Labute approximate surface area is 92.5 Å². The van der Waals surface area contributed by atoms with Crippen LogP contribution in [-0.4, -0.2) is 34.7 Å². The molecule has 0 spiro atoms. The Hall–Kier alpha value is -1.66. The molecule has 0 saturated heterocycles. The summed E-state index contributed by atoms with van der Waals surface area (Å²) < 4.78 is 0. The molecular weight excluding hydrogens is 210 g/mol. The van der Waals surface area contributed by atoms with E-state index < -0.39 is 18.1 Å². The zero-order valence-corrected chi connectivity index (χ0v) is 8.93. The molecule has 0 saturated carbocycles. The molecule has 6 nitrogen and oxygen atoms in total. The van der Waals surface area contributed by atoms with Gasteiger partial charge in [0, 0.05) is 31.0 Å². The van der Waals surface area contributed by atoms with Crippen molar-refractivity contribution in [2.45, 2.75) is 19.1 Å². The van der Waals surface area contributed by atoms with Gasteiger partial charge in [0.05, 0.1) is 6.10 Å². The van der Waals surface area contributed by atoms with E-state index in [1.807, 2.05) is 0 Å². The Bertz CT molecular complexity index is 414. The van der Waals surface area contributed by atoms with Gasteiger partial charge in [-0.3, -0.25) is 9.59 Å². The van der Waals surface area contributed by atoms with Crippen LogP contribution in [0.1, 0.15) is 17.3 Å². The largest absolute Gasteiger partial charge is 0.392 e. The fraction of sp³-hybridized carbons (Fsp3) is 0.400. The molecule has 1 rings (SSSR count). The number of hydrogen-bond donors (Lipinski definition) is 4. The van der Waals surface area contributed by atoms with Crippen LogP contribution in [0.5, 0.6) is 0 Å². The molecular formula is C10H15N3O3. The highest BCUT2D eigenvalue weighted by Gasteiger charge is 2.13. The molecule has 0 aliphatic carbocycles. The molecule has 2 unspecified atom stereocenters. The van der Waals surface area contributed by atoms with Gasteiger partial charge in [-0.25, -0.2) is 0 Å². The number of aliphatic hydroxyl groups excluding tert-OH is 1. The van der Waals surface area contributed by atoms with Crippen molar-refractivity contribution in [1.29, 1.82) is 0 Å². The van der Waals surface area contributed by atoms with Gasteiger partial charge in [0.25, 0.3) is 5.91 Å². The molecule has 0 aliphatic rings. The molecule has 0 aliphatic heterocycles. The smallest absolute Gasteiger partial charge is 0.256 e. The van der Waals surface area contributed by atoms with E-state index in [9.17, 15) is 9.59 Å². The minimum atomic E-state index is -0.714. The predicted molar refractivity (Wildman–Crippen MR) is 59.1 cm³/mol. The number of hydrogen-bond acceptors (Lipinski definition) is 4. The Morgan fingerprint density at radius 1 is 1.69 bits per heavy atom. The van der Waals surface area contributed by atoms with Crippen molar-refractivity contribution >= 4 is 5.91 Å². The van der Waals surface area contributed by atoms with E-state index in [1.165, 1.54) is 25.4 Å². The van der Waals surface area contributed by atoms with Crippen LogP contribution in [0.25, 0.3) is 0 Å². The molecule has 1 aromatic rings. The van der Waals surface area contributed by atoms with Crippen LogP contribution in [0.2, 0.25) is 0 Å². The van der Waals surface area contributed by atoms with Crippen molar-refractivity contribution < 1.29 is 9.90 Å². The van der Waals surface area contributed by atoms with Crippen molar-refractivity contribution in [3.05, 3.63) is 34.2 Å². The van der Waals surface area contributed by atoms with E-state index in [-0.39, 0.29) is 17.5 Å². The Balaban J connectivity index is 2.61. The van der Waals surface area contributed by atoms with Gasteiger partial charge >= 0.3 is 0 Å². The maximum Gasteiger partial charge on any atom is 0.256 e. The summed E-state index contributed by atoms with van der Waals surface area (Å²) in [5, 5.41) is 11.6. The SMILES string of the molecule is CC(O)C(N)CNC(=O)c1c[nH]ccc1=O. The van der Waals surface area contributed by atoms with Crippen LogP contribution in [0, 0.1) is 0 Å². The molecule has 0 bridgehead atoms. The Morgan fingerprint density at radius 3 is 2.94 bits per heavy atom. The monoisotopic (exact) mass is 225 g/mol. The first-order valence-corrected chi connectivity index (χ1v) is 4.91. The number of aliphatic hydroxyl groups is 1. The summed E-state index contributed by atoms with van der Waals surface area (Å²) in [6, 6.07) is 0.718. The number of nitrogens with one attached hydrogen (secondary N) is 2. The summed E-state index contributed by atoms with van der Waals surface area (Å²) in [5.74, 6) is -0.502. The first-order valence-electron chi connectivity index (χ1n) is 4.91. The molecule has 1 amide bonds. The highest BCUT2D eigenvalue weighted by Crippen LogP contribution is 1.90. The lowest BCUT2D eigenvalue weighted by Crippen LogP contribution is -2.44. The van der Waals surface area contributed by atoms with Crippen LogP contribution in [-0.2, 0) is 0 Å². The van der Waals surface area contributed by atoms with E-state index >= 15 is 0 Å². The maximum atomic E-state index is 11.5. The lowest BCUT2D eigenvalue weighted by atomic mass is 10.2. The number of carbonyl (C=O) groups is 1. The molecule has 0 fully saturated rings. The molecule has 0 aromatic carbocycles. The van der Waals surface area contributed by atoms with Gasteiger partial charge in [-0.05, 0) is 6.92 Å². The zero-order chi connectivity index (χ0) is 12.1. The first-order chi connectivity index (χ1) is 7.52. The van der Waals surface area contributed by atoms with Gasteiger partial charge in [-0.1, -0.05) is 0 Å². The van der Waals surface area contributed by atoms with E-state index in [4.69, 9.17) is 10.8 Å². The number of nitrogens with two attached hydrogens (primary N) is 1. The molecule has 2 atom stereocenters. The second-order valence-electron chi connectivity index (χ2n) is 3.54. The molecule has 5 N–H and O–H groups in total.